The van der Waals surface area contributed by atoms with E-state index in [4.69, 9.17) is 0 Å². The standard InChI is InChI=1S/C20H34N4O/c1-2-21-20(23-16-18-10-5-6-11-19(18)17-25)22-12-9-15-24-13-7-3-4-8-14-24/h5-6,10-11,25H,2-4,7-9,12-17H2,1H3,(H2,21,22,23). The first-order valence-corrected chi connectivity index (χ1v) is 9.75. The number of hydrogen-bond donors (Lipinski definition) is 3. The van der Waals surface area contributed by atoms with Crippen LogP contribution in [0.15, 0.2) is 29.3 Å². The summed E-state index contributed by atoms with van der Waals surface area (Å²) in [5, 5.41) is 16.2. The molecule has 0 bridgehead atoms. The summed E-state index contributed by atoms with van der Waals surface area (Å²) < 4.78 is 0. The smallest absolute Gasteiger partial charge is 0.191 e. The monoisotopic (exact) mass is 346 g/mol. The molecule has 0 amide bonds. The van der Waals surface area contributed by atoms with E-state index in [1.165, 1.54) is 45.3 Å². The minimum Gasteiger partial charge on any atom is -0.392 e. The maximum Gasteiger partial charge on any atom is 0.191 e. The summed E-state index contributed by atoms with van der Waals surface area (Å²) in [5.74, 6) is 0.853. The molecule has 0 aliphatic carbocycles. The molecule has 1 aliphatic rings. The van der Waals surface area contributed by atoms with Gasteiger partial charge in [-0.05, 0) is 56.9 Å². The second kappa shape index (κ2) is 11.9. The minimum atomic E-state index is 0.0610. The van der Waals surface area contributed by atoms with Gasteiger partial charge in [0.2, 0.25) is 0 Å². The Labute approximate surface area is 152 Å². The lowest BCUT2D eigenvalue weighted by Gasteiger charge is -2.20. The quantitative estimate of drug-likeness (QED) is 0.384. The van der Waals surface area contributed by atoms with Crippen molar-refractivity contribution in [3.8, 4) is 0 Å². The fraction of sp³-hybridized carbons (Fsp3) is 0.650. The second-order valence-corrected chi connectivity index (χ2v) is 6.66. The molecule has 3 N–H and O–H groups in total. The Kier molecular flexibility index (Phi) is 9.37. The molecule has 1 saturated heterocycles. The van der Waals surface area contributed by atoms with E-state index in [-0.39, 0.29) is 6.61 Å². The molecule has 25 heavy (non-hydrogen) atoms. The molecule has 1 heterocycles. The van der Waals surface area contributed by atoms with Crippen LogP contribution in [-0.2, 0) is 13.2 Å². The van der Waals surface area contributed by atoms with Crippen LogP contribution in [0.3, 0.4) is 0 Å². The van der Waals surface area contributed by atoms with Gasteiger partial charge in [-0.15, -0.1) is 0 Å². The third-order valence-corrected chi connectivity index (χ3v) is 4.68. The highest BCUT2D eigenvalue weighted by Gasteiger charge is 2.08. The Morgan fingerprint density at radius 2 is 1.80 bits per heavy atom. The first-order chi connectivity index (χ1) is 12.3. The highest BCUT2D eigenvalue weighted by molar-refractivity contribution is 5.79. The molecule has 2 rings (SSSR count). The Morgan fingerprint density at radius 3 is 2.48 bits per heavy atom. The van der Waals surface area contributed by atoms with Crippen molar-refractivity contribution >= 4 is 5.96 Å². The maximum absolute atomic E-state index is 9.42. The lowest BCUT2D eigenvalue weighted by atomic mass is 10.1. The molecule has 1 fully saturated rings. The van der Waals surface area contributed by atoms with Crippen molar-refractivity contribution in [1.29, 1.82) is 0 Å². The van der Waals surface area contributed by atoms with Crippen molar-refractivity contribution < 1.29 is 5.11 Å². The Morgan fingerprint density at radius 1 is 1.08 bits per heavy atom. The molecule has 1 aromatic rings. The van der Waals surface area contributed by atoms with Gasteiger partial charge in [0.05, 0.1) is 13.2 Å². The highest BCUT2D eigenvalue weighted by atomic mass is 16.3. The van der Waals surface area contributed by atoms with Crippen LogP contribution >= 0.6 is 0 Å². The summed E-state index contributed by atoms with van der Waals surface area (Å²) in [6.07, 6.45) is 6.61. The number of benzene rings is 1. The van der Waals surface area contributed by atoms with E-state index in [1.54, 1.807) is 0 Å². The molecule has 0 atom stereocenters. The molecule has 0 saturated carbocycles. The topological polar surface area (TPSA) is 59.9 Å². The van der Waals surface area contributed by atoms with Gasteiger partial charge in [-0.1, -0.05) is 37.1 Å². The summed E-state index contributed by atoms with van der Waals surface area (Å²) in [5.41, 5.74) is 2.02. The number of nitrogens with zero attached hydrogens (tertiary/aromatic N) is 2. The zero-order chi connectivity index (χ0) is 17.7. The Hall–Kier alpha value is -1.59. The largest absolute Gasteiger partial charge is 0.392 e. The van der Waals surface area contributed by atoms with Crippen molar-refractivity contribution in [3.63, 3.8) is 0 Å². The van der Waals surface area contributed by atoms with Gasteiger partial charge in [0.1, 0.15) is 0 Å². The zero-order valence-electron chi connectivity index (χ0n) is 15.6. The third-order valence-electron chi connectivity index (χ3n) is 4.68. The van der Waals surface area contributed by atoms with Crippen LogP contribution in [0.5, 0.6) is 0 Å². The van der Waals surface area contributed by atoms with Gasteiger partial charge >= 0.3 is 0 Å². The van der Waals surface area contributed by atoms with Crippen LogP contribution < -0.4 is 10.6 Å². The van der Waals surface area contributed by atoms with Gasteiger partial charge in [-0.25, -0.2) is 4.99 Å². The molecular weight excluding hydrogens is 312 g/mol. The average Bonchev–Trinajstić information content (AvgIpc) is 2.92. The van der Waals surface area contributed by atoms with Gasteiger partial charge in [-0.3, -0.25) is 0 Å². The summed E-state index contributed by atoms with van der Waals surface area (Å²) in [4.78, 5) is 7.25. The number of guanidine groups is 1. The minimum absolute atomic E-state index is 0.0610. The van der Waals surface area contributed by atoms with E-state index in [2.05, 4.69) is 27.4 Å². The highest BCUT2D eigenvalue weighted by Crippen LogP contribution is 2.10. The first-order valence-electron chi connectivity index (χ1n) is 9.75. The Balaban J connectivity index is 1.77. The van der Waals surface area contributed by atoms with Crippen molar-refractivity contribution in [2.24, 2.45) is 4.99 Å². The van der Waals surface area contributed by atoms with Crippen LogP contribution in [0.4, 0.5) is 0 Å². The molecule has 0 aromatic heterocycles. The number of rotatable bonds is 8. The SMILES string of the molecule is CCNC(=NCc1ccccc1CO)NCCCN1CCCCCC1. The van der Waals surface area contributed by atoms with Gasteiger partial charge < -0.3 is 20.6 Å². The van der Waals surface area contributed by atoms with Crippen molar-refractivity contribution in [2.75, 3.05) is 32.7 Å². The Bertz CT molecular complexity index is 510. The molecular formula is C20H34N4O. The van der Waals surface area contributed by atoms with Gasteiger partial charge in [0.25, 0.3) is 0 Å². The average molecular weight is 347 g/mol. The van der Waals surface area contributed by atoms with E-state index in [9.17, 15) is 5.11 Å². The molecule has 5 nitrogen and oxygen atoms in total. The predicted molar refractivity (Wildman–Crippen MR) is 105 cm³/mol. The second-order valence-electron chi connectivity index (χ2n) is 6.66. The molecule has 140 valence electrons. The molecule has 0 spiro atoms. The van der Waals surface area contributed by atoms with Crippen LogP contribution in [-0.4, -0.2) is 48.7 Å². The van der Waals surface area contributed by atoms with Crippen LogP contribution in [0.25, 0.3) is 0 Å². The van der Waals surface area contributed by atoms with Crippen LogP contribution in [0.2, 0.25) is 0 Å². The summed E-state index contributed by atoms with van der Waals surface area (Å²) in [6.45, 7) is 8.18. The summed E-state index contributed by atoms with van der Waals surface area (Å²) in [7, 11) is 0. The third kappa shape index (κ3) is 7.45. The van der Waals surface area contributed by atoms with Crippen molar-refractivity contribution in [3.05, 3.63) is 35.4 Å². The van der Waals surface area contributed by atoms with Crippen LogP contribution in [0.1, 0.15) is 50.2 Å². The maximum atomic E-state index is 9.42. The van der Waals surface area contributed by atoms with E-state index >= 15 is 0 Å². The van der Waals surface area contributed by atoms with Crippen molar-refractivity contribution in [1.82, 2.24) is 15.5 Å². The molecule has 0 unspecified atom stereocenters. The van der Waals surface area contributed by atoms with Gasteiger partial charge in [-0.2, -0.15) is 0 Å². The molecule has 1 aliphatic heterocycles. The van der Waals surface area contributed by atoms with Gasteiger partial charge in [0.15, 0.2) is 5.96 Å². The molecule has 5 heteroatoms. The van der Waals surface area contributed by atoms with Gasteiger partial charge in [0, 0.05) is 13.1 Å². The number of aliphatic imine (C=N–C) groups is 1. The lowest BCUT2D eigenvalue weighted by molar-refractivity contribution is 0.280. The molecule has 0 radical (unpaired) electrons. The fourth-order valence-corrected chi connectivity index (χ4v) is 3.24. The number of aliphatic hydroxyl groups is 1. The van der Waals surface area contributed by atoms with E-state index < -0.39 is 0 Å². The normalized spacial score (nSPS) is 16.5. The number of hydrogen-bond acceptors (Lipinski definition) is 3. The fourth-order valence-electron chi connectivity index (χ4n) is 3.24. The van der Waals surface area contributed by atoms with E-state index in [0.717, 1.165) is 36.6 Å². The van der Waals surface area contributed by atoms with E-state index in [0.29, 0.717) is 6.54 Å². The van der Waals surface area contributed by atoms with Crippen molar-refractivity contribution in [2.45, 2.75) is 52.2 Å². The predicted octanol–water partition coefficient (Wildman–Crippen LogP) is 2.50. The lowest BCUT2D eigenvalue weighted by Crippen LogP contribution is -2.39. The summed E-state index contributed by atoms with van der Waals surface area (Å²) in [6, 6.07) is 7.92. The summed E-state index contributed by atoms with van der Waals surface area (Å²) >= 11 is 0. The number of aliphatic hydroxyl groups excluding tert-OH is 1. The first kappa shape index (κ1) is 19.7. The van der Waals surface area contributed by atoms with Crippen LogP contribution in [0, 0.1) is 0 Å². The molecule has 1 aromatic carbocycles. The zero-order valence-corrected chi connectivity index (χ0v) is 15.6. The number of nitrogens with one attached hydrogen (secondary N) is 2. The number of likely N-dealkylation sites (tertiary alicyclic amines) is 1. The van der Waals surface area contributed by atoms with E-state index in [1.807, 2.05) is 24.3 Å².